The van der Waals surface area contributed by atoms with Crippen molar-refractivity contribution >= 4 is 28.6 Å². The lowest BCUT2D eigenvalue weighted by atomic mass is 10.2. The number of para-hydroxylation sites is 1. The summed E-state index contributed by atoms with van der Waals surface area (Å²) in [5.74, 6) is 5.80. The Labute approximate surface area is 110 Å². The molecule has 0 aliphatic carbocycles. The number of nitrogens with two attached hydrogens (primary N) is 1. The molecule has 0 bridgehead atoms. The highest BCUT2D eigenvalue weighted by Crippen LogP contribution is 2.21. The predicted octanol–water partition coefficient (Wildman–Crippen LogP) is 0.890. The van der Waals surface area contributed by atoms with E-state index < -0.39 is 0 Å². The number of anilines is 2. The summed E-state index contributed by atoms with van der Waals surface area (Å²) in [5, 5.41) is 3.74. The van der Waals surface area contributed by atoms with E-state index in [1.807, 2.05) is 24.3 Å². The fraction of sp³-hybridized carbons (Fsp3) is 0.250. The molecule has 2 rings (SSSR count). The van der Waals surface area contributed by atoms with Gasteiger partial charge in [-0.1, -0.05) is 12.1 Å². The second kappa shape index (κ2) is 5.96. The summed E-state index contributed by atoms with van der Waals surface area (Å²) in [5.41, 5.74) is 3.13. The standard InChI is InChI=1S/C12H15N5O2/c1-2-19-10(18)7-14-11-8-5-3-4-6-9(8)15-12(16-11)17-13/h3-6H,2,7,13H2,1H3,(H2,14,15,16,17). The summed E-state index contributed by atoms with van der Waals surface area (Å²) in [7, 11) is 0. The van der Waals surface area contributed by atoms with Crippen LogP contribution >= 0.6 is 0 Å². The summed E-state index contributed by atoms with van der Waals surface area (Å²) >= 11 is 0. The molecule has 0 aliphatic heterocycles. The maximum absolute atomic E-state index is 11.3. The lowest BCUT2D eigenvalue weighted by Gasteiger charge is -2.09. The minimum Gasteiger partial charge on any atom is -0.465 e. The number of benzene rings is 1. The first kappa shape index (κ1) is 13.0. The Morgan fingerprint density at radius 3 is 2.89 bits per heavy atom. The van der Waals surface area contributed by atoms with Crippen LogP contribution in [0.1, 0.15) is 6.92 Å². The second-order valence-electron chi connectivity index (χ2n) is 3.72. The van der Waals surface area contributed by atoms with Crippen LogP contribution in [0.4, 0.5) is 11.8 Å². The molecule has 1 aromatic carbocycles. The van der Waals surface area contributed by atoms with Gasteiger partial charge in [-0.2, -0.15) is 4.98 Å². The minimum absolute atomic E-state index is 0.0405. The van der Waals surface area contributed by atoms with E-state index in [1.54, 1.807) is 6.92 Å². The number of nitrogens with zero attached hydrogens (tertiary/aromatic N) is 2. The van der Waals surface area contributed by atoms with Gasteiger partial charge in [-0.25, -0.2) is 10.8 Å². The van der Waals surface area contributed by atoms with Crippen molar-refractivity contribution in [1.29, 1.82) is 0 Å². The van der Waals surface area contributed by atoms with Crippen molar-refractivity contribution < 1.29 is 9.53 Å². The van der Waals surface area contributed by atoms with Crippen molar-refractivity contribution in [1.82, 2.24) is 9.97 Å². The van der Waals surface area contributed by atoms with Gasteiger partial charge in [0, 0.05) is 5.39 Å². The van der Waals surface area contributed by atoms with Gasteiger partial charge in [-0.05, 0) is 19.1 Å². The number of rotatable bonds is 5. The minimum atomic E-state index is -0.340. The van der Waals surface area contributed by atoms with Gasteiger partial charge in [-0.15, -0.1) is 0 Å². The van der Waals surface area contributed by atoms with E-state index in [0.29, 0.717) is 12.4 Å². The van der Waals surface area contributed by atoms with E-state index in [2.05, 4.69) is 20.7 Å². The molecular weight excluding hydrogens is 246 g/mol. The molecule has 0 aliphatic rings. The quantitative estimate of drug-likeness (QED) is 0.417. The number of carbonyl (C=O) groups is 1. The number of aromatic nitrogens is 2. The summed E-state index contributed by atoms with van der Waals surface area (Å²) in [6.07, 6.45) is 0. The smallest absolute Gasteiger partial charge is 0.325 e. The highest BCUT2D eigenvalue weighted by atomic mass is 16.5. The molecule has 1 heterocycles. The lowest BCUT2D eigenvalue weighted by molar-refractivity contribution is -0.140. The van der Waals surface area contributed by atoms with Crippen LogP contribution in [0.15, 0.2) is 24.3 Å². The van der Waals surface area contributed by atoms with Crippen molar-refractivity contribution in [3.63, 3.8) is 0 Å². The number of hydrogen-bond donors (Lipinski definition) is 3. The van der Waals surface area contributed by atoms with Gasteiger partial charge in [0.25, 0.3) is 0 Å². The van der Waals surface area contributed by atoms with Crippen molar-refractivity contribution in [2.45, 2.75) is 6.92 Å². The van der Waals surface area contributed by atoms with Crippen LogP contribution in [-0.4, -0.2) is 29.1 Å². The first-order valence-corrected chi connectivity index (χ1v) is 5.87. The molecule has 7 nitrogen and oxygen atoms in total. The SMILES string of the molecule is CCOC(=O)CNc1nc(NN)nc2ccccc12. The maximum Gasteiger partial charge on any atom is 0.325 e. The van der Waals surface area contributed by atoms with Gasteiger partial charge in [-0.3, -0.25) is 10.2 Å². The Morgan fingerprint density at radius 1 is 1.37 bits per heavy atom. The normalized spacial score (nSPS) is 10.2. The zero-order valence-electron chi connectivity index (χ0n) is 10.5. The first-order valence-electron chi connectivity index (χ1n) is 5.87. The Bertz CT molecular complexity index is 587. The third-order valence-corrected chi connectivity index (χ3v) is 2.44. The molecular formula is C12H15N5O2. The number of esters is 1. The summed E-state index contributed by atoms with van der Waals surface area (Å²) in [6.45, 7) is 2.15. The van der Waals surface area contributed by atoms with Crippen LogP contribution in [-0.2, 0) is 9.53 Å². The highest BCUT2D eigenvalue weighted by Gasteiger charge is 2.08. The van der Waals surface area contributed by atoms with Crippen LogP contribution in [0.5, 0.6) is 0 Å². The van der Waals surface area contributed by atoms with E-state index in [9.17, 15) is 4.79 Å². The molecule has 0 amide bonds. The van der Waals surface area contributed by atoms with Gasteiger partial charge in [0.1, 0.15) is 12.4 Å². The number of nitrogens with one attached hydrogen (secondary N) is 2. The molecule has 0 saturated carbocycles. The molecule has 0 atom stereocenters. The number of ether oxygens (including phenoxy) is 1. The van der Waals surface area contributed by atoms with Gasteiger partial charge in [0.2, 0.25) is 5.95 Å². The fourth-order valence-electron chi connectivity index (χ4n) is 1.64. The zero-order chi connectivity index (χ0) is 13.7. The molecule has 0 fully saturated rings. The van der Waals surface area contributed by atoms with E-state index in [0.717, 1.165) is 10.9 Å². The van der Waals surface area contributed by atoms with Crippen molar-refractivity contribution in [3.05, 3.63) is 24.3 Å². The van der Waals surface area contributed by atoms with Crippen molar-refractivity contribution in [2.24, 2.45) is 5.84 Å². The third kappa shape index (κ3) is 3.08. The summed E-state index contributed by atoms with van der Waals surface area (Å²) in [4.78, 5) is 19.7. The van der Waals surface area contributed by atoms with Gasteiger partial charge in [0.05, 0.1) is 12.1 Å². The summed E-state index contributed by atoms with van der Waals surface area (Å²) < 4.78 is 4.85. The number of nitrogen functional groups attached to an aromatic ring is 1. The largest absolute Gasteiger partial charge is 0.465 e. The van der Waals surface area contributed by atoms with Crippen molar-refractivity contribution in [2.75, 3.05) is 23.9 Å². The van der Waals surface area contributed by atoms with E-state index in [-0.39, 0.29) is 18.5 Å². The Morgan fingerprint density at radius 2 is 2.16 bits per heavy atom. The molecule has 4 N–H and O–H groups in total. The maximum atomic E-state index is 11.3. The first-order chi connectivity index (χ1) is 9.24. The Hall–Kier alpha value is -2.41. The van der Waals surface area contributed by atoms with E-state index >= 15 is 0 Å². The van der Waals surface area contributed by atoms with Crippen LogP contribution < -0.4 is 16.6 Å². The Balaban J connectivity index is 2.27. The predicted molar refractivity (Wildman–Crippen MR) is 72.5 cm³/mol. The molecule has 100 valence electrons. The monoisotopic (exact) mass is 261 g/mol. The molecule has 1 aromatic heterocycles. The average molecular weight is 261 g/mol. The van der Waals surface area contributed by atoms with Crippen molar-refractivity contribution in [3.8, 4) is 0 Å². The molecule has 0 radical (unpaired) electrons. The zero-order valence-corrected chi connectivity index (χ0v) is 10.5. The number of hydrazine groups is 1. The van der Waals surface area contributed by atoms with Crippen LogP contribution in [0.2, 0.25) is 0 Å². The molecule has 2 aromatic rings. The average Bonchev–Trinajstić information content (AvgIpc) is 2.44. The third-order valence-electron chi connectivity index (χ3n) is 2.44. The fourth-order valence-corrected chi connectivity index (χ4v) is 1.64. The Kier molecular flexibility index (Phi) is 4.09. The molecule has 0 spiro atoms. The second-order valence-corrected chi connectivity index (χ2v) is 3.72. The number of hydrogen-bond acceptors (Lipinski definition) is 7. The lowest BCUT2D eigenvalue weighted by Crippen LogP contribution is -2.18. The topological polar surface area (TPSA) is 102 Å². The van der Waals surface area contributed by atoms with Gasteiger partial charge >= 0.3 is 5.97 Å². The van der Waals surface area contributed by atoms with Crippen LogP contribution in [0.3, 0.4) is 0 Å². The number of carbonyl (C=O) groups excluding carboxylic acids is 1. The van der Waals surface area contributed by atoms with Crippen LogP contribution in [0, 0.1) is 0 Å². The molecule has 7 heteroatoms. The number of fused-ring (bicyclic) bond motifs is 1. The molecule has 19 heavy (non-hydrogen) atoms. The van der Waals surface area contributed by atoms with Gasteiger partial charge < -0.3 is 10.1 Å². The molecule has 0 saturated heterocycles. The van der Waals surface area contributed by atoms with Crippen LogP contribution in [0.25, 0.3) is 10.9 Å². The van der Waals surface area contributed by atoms with E-state index in [4.69, 9.17) is 10.6 Å². The molecule has 0 unspecified atom stereocenters. The summed E-state index contributed by atoms with van der Waals surface area (Å²) in [6, 6.07) is 7.44. The van der Waals surface area contributed by atoms with E-state index in [1.165, 1.54) is 0 Å². The highest BCUT2D eigenvalue weighted by molar-refractivity contribution is 5.91. The van der Waals surface area contributed by atoms with Gasteiger partial charge in [0.15, 0.2) is 0 Å².